The largest absolute Gasteiger partial charge is 0.463 e. The van der Waals surface area contributed by atoms with Gasteiger partial charge in [0.2, 0.25) is 0 Å². The second-order valence-corrected chi connectivity index (χ2v) is 9.55. The normalized spacial score (nSPS) is 20.0. The number of aliphatic imine (C=N–C) groups is 2. The van der Waals surface area contributed by atoms with E-state index in [9.17, 15) is 4.79 Å². The highest BCUT2D eigenvalue weighted by molar-refractivity contribution is 5.83. The van der Waals surface area contributed by atoms with Crippen molar-refractivity contribution < 1.29 is 9.53 Å². The van der Waals surface area contributed by atoms with E-state index >= 15 is 0 Å². The summed E-state index contributed by atoms with van der Waals surface area (Å²) >= 11 is 0. The molecule has 0 spiro atoms. The molecule has 2 aromatic rings. The lowest BCUT2D eigenvalue weighted by molar-refractivity contribution is -0.151. The molecule has 2 aromatic carbocycles. The number of hydrogen-bond acceptors (Lipinski definition) is 4. The van der Waals surface area contributed by atoms with Crippen LogP contribution in [0.25, 0.3) is 11.1 Å². The molecule has 0 heterocycles. The summed E-state index contributed by atoms with van der Waals surface area (Å²) in [7, 11) is 0. The molecule has 3 aliphatic carbocycles. The summed E-state index contributed by atoms with van der Waals surface area (Å²) in [6.07, 6.45) is 10.6. The lowest BCUT2D eigenvalue weighted by Gasteiger charge is -2.30. The van der Waals surface area contributed by atoms with E-state index in [1.54, 1.807) is 0 Å². The van der Waals surface area contributed by atoms with Gasteiger partial charge in [-0.3, -0.25) is 0 Å². The summed E-state index contributed by atoms with van der Waals surface area (Å²) in [5.74, 6) is -0.128. The third-order valence-electron chi connectivity index (χ3n) is 7.48. The minimum absolute atomic E-state index is 0.0758. The van der Waals surface area contributed by atoms with Gasteiger partial charge in [0.05, 0.1) is 12.1 Å². The highest BCUT2D eigenvalue weighted by Crippen LogP contribution is 2.45. The van der Waals surface area contributed by atoms with Crippen LogP contribution >= 0.6 is 0 Å². The molecule has 2 saturated carbocycles. The number of ether oxygens (including phenoxy) is 1. The van der Waals surface area contributed by atoms with Crippen LogP contribution in [0.5, 0.6) is 0 Å². The van der Waals surface area contributed by atoms with Crippen molar-refractivity contribution in [2.24, 2.45) is 9.98 Å². The fraction of sp³-hybridized carbons (Fsp3) is 0.500. The molecule has 0 aromatic heterocycles. The number of fused-ring (bicyclic) bond motifs is 3. The van der Waals surface area contributed by atoms with E-state index in [0.717, 1.165) is 44.9 Å². The van der Waals surface area contributed by atoms with Crippen molar-refractivity contribution in [3.05, 3.63) is 59.7 Å². The molecule has 0 bridgehead atoms. The average Bonchev–Trinajstić information content (AvgIpc) is 3.17. The molecule has 3 aliphatic rings. The summed E-state index contributed by atoms with van der Waals surface area (Å²) in [5.41, 5.74) is 4.15. The number of carbonyl (C=O) groups is 1. The third-order valence-corrected chi connectivity index (χ3v) is 7.48. The summed E-state index contributed by atoms with van der Waals surface area (Å²) in [4.78, 5) is 22.6. The van der Waals surface area contributed by atoms with Crippen LogP contribution in [0.1, 0.15) is 81.3 Å². The van der Waals surface area contributed by atoms with Gasteiger partial charge < -0.3 is 4.74 Å². The number of hydrogen-bond donors (Lipinski definition) is 0. The molecule has 5 rings (SSSR count). The van der Waals surface area contributed by atoms with Gasteiger partial charge in [-0.2, -0.15) is 0 Å². The highest BCUT2D eigenvalue weighted by atomic mass is 16.5. The first-order valence-corrected chi connectivity index (χ1v) is 12.3. The van der Waals surface area contributed by atoms with E-state index in [4.69, 9.17) is 4.74 Å². The van der Waals surface area contributed by atoms with Gasteiger partial charge in [-0.1, -0.05) is 87.1 Å². The smallest absolute Gasteiger partial charge is 0.334 e. The summed E-state index contributed by atoms with van der Waals surface area (Å²) in [6, 6.07) is 20.2. The second kappa shape index (κ2) is 9.42. The highest BCUT2D eigenvalue weighted by Gasteiger charge is 2.42. The number of carbonyl (C=O) groups excluding carboxylic acids is 1. The lowest BCUT2D eigenvalue weighted by Crippen LogP contribution is -2.40. The Hall–Kier alpha value is -2.71. The Bertz CT molecular complexity index is 980. The molecule has 166 valence electrons. The van der Waals surface area contributed by atoms with Crippen molar-refractivity contribution in [2.45, 2.75) is 81.7 Å². The number of rotatable bonds is 5. The van der Waals surface area contributed by atoms with Crippen LogP contribution in [-0.4, -0.2) is 30.2 Å². The van der Waals surface area contributed by atoms with E-state index in [2.05, 4.69) is 64.5 Å². The molecular formula is C28H32N2O2. The van der Waals surface area contributed by atoms with Gasteiger partial charge in [0.25, 0.3) is 0 Å². The first kappa shape index (κ1) is 21.2. The predicted octanol–water partition coefficient (Wildman–Crippen LogP) is 6.55. The number of nitrogens with zero attached hydrogens (tertiary/aromatic N) is 2. The van der Waals surface area contributed by atoms with Gasteiger partial charge in [-0.15, -0.1) is 0 Å². The zero-order valence-corrected chi connectivity index (χ0v) is 18.8. The van der Waals surface area contributed by atoms with Crippen LogP contribution in [0.4, 0.5) is 0 Å². The third kappa shape index (κ3) is 4.17. The Morgan fingerprint density at radius 3 is 2.12 bits per heavy atom. The van der Waals surface area contributed by atoms with Gasteiger partial charge in [-0.05, 0) is 47.9 Å². The van der Waals surface area contributed by atoms with Gasteiger partial charge in [0, 0.05) is 5.92 Å². The quantitative estimate of drug-likeness (QED) is 0.400. The van der Waals surface area contributed by atoms with Crippen molar-refractivity contribution >= 4 is 12.0 Å². The van der Waals surface area contributed by atoms with Crippen LogP contribution < -0.4 is 0 Å². The topological polar surface area (TPSA) is 51.0 Å². The number of esters is 1. The molecule has 4 nitrogen and oxygen atoms in total. The van der Waals surface area contributed by atoms with Crippen molar-refractivity contribution in [1.82, 2.24) is 0 Å². The van der Waals surface area contributed by atoms with E-state index in [1.165, 1.54) is 41.5 Å². The van der Waals surface area contributed by atoms with E-state index in [-0.39, 0.29) is 11.9 Å². The average molecular weight is 429 g/mol. The molecule has 32 heavy (non-hydrogen) atoms. The summed E-state index contributed by atoms with van der Waals surface area (Å²) < 4.78 is 6.01. The Balaban J connectivity index is 1.34. The molecule has 0 N–H and O–H groups in total. The molecule has 4 heteroatoms. The molecular weight excluding hydrogens is 396 g/mol. The van der Waals surface area contributed by atoms with Crippen LogP contribution in [0.15, 0.2) is 58.5 Å². The van der Waals surface area contributed by atoms with E-state index < -0.39 is 5.54 Å². The van der Waals surface area contributed by atoms with Gasteiger partial charge in [0.1, 0.15) is 6.61 Å². The Kier molecular flexibility index (Phi) is 6.23. The first-order chi connectivity index (χ1) is 15.8. The number of benzene rings is 2. The zero-order chi connectivity index (χ0) is 21.8. The van der Waals surface area contributed by atoms with Gasteiger partial charge in [-0.25, -0.2) is 14.8 Å². The van der Waals surface area contributed by atoms with Crippen molar-refractivity contribution in [2.75, 3.05) is 6.61 Å². The van der Waals surface area contributed by atoms with Crippen LogP contribution in [0.3, 0.4) is 0 Å². The Morgan fingerprint density at radius 1 is 0.875 bits per heavy atom. The zero-order valence-electron chi connectivity index (χ0n) is 18.8. The fourth-order valence-corrected chi connectivity index (χ4v) is 5.65. The molecule has 0 aliphatic heterocycles. The second-order valence-electron chi connectivity index (χ2n) is 9.55. The lowest BCUT2D eigenvalue weighted by atomic mass is 9.82. The SMILES string of the molecule is O=C(OCC1c2ccccc2-c2ccccc21)C1(N=C=NC2CCCCC2)CCCCC1. The molecule has 0 atom stereocenters. The van der Waals surface area contributed by atoms with Gasteiger partial charge >= 0.3 is 5.97 Å². The monoisotopic (exact) mass is 428 g/mol. The van der Waals surface area contributed by atoms with Crippen molar-refractivity contribution in [1.29, 1.82) is 0 Å². The van der Waals surface area contributed by atoms with E-state index in [1.807, 2.05) is 0 Å². The summed E-state index contributed by atoms with van der Waals surface area (Å²) in [6.45, 7) is 0.351. The molecule has 0 unspecified atom stereocenters. The summed E-state index contributed by atoms with van der Waals surface area (Å²) in [5, 5.41) is 0. The van der Waals surface area contributed by atoms with Crippen molar-refractivity contribution in [3.8, 4) is 11.1 Å². The predicted molar refractivity (Wildman–Crippen MR) is 127 cm³/mol. The first-order valence-electron chi connectivity index (χ1n) is 12.3. The maximum absolute atomic E-state index is 13.4. The van der Waals surface area contributed by atoms with Crippen molar-refractivity contribution in [3.63, 3.8) is 0 Å². The Labute approximate surface area is 190 Å². The molecule has 0 radical (unpaired) electrons. The Morgan fingerprint density at radius 2 is 1.47 bits per heavy atom. The molecule has 0 amide bonds. The fourth-order valence-electron chi connectivity index (χ4n) is 5.65. The minimum atomic E-state index is -0.811. The molecule has 0 saturated heterocycles. The maximum Gasteiger partial charge on any atom is 0.334 e. The molecule has 2 fully saturated rings. The maximum atomic E-state index is 13.4. The standard InChI is InChI=1S/C28H32N2O2/c31-27(28(17-9-2-10-18-28)30-20-29-21-11-3-1-4-12-21)32-19-26-24-15-7-5-13-22(24)23-14-6-8-16-25(23)26/h5-8,13-16,21,26H,1-4,9-12,17-19H2. The van der Waals surface area contributed by atoms with Gasteiger partial charge in [0.15, 0.2) is 5.54 Å². The van der Waals surface area contributed by atoms with Crippen LogP contribution in [0.2, 0.25) is 0 Å². The van der Waals surface area contributed by atoms with Crippen LogP contribution in [0, 0.1) is 0 Å². The van der Waals surface area contributed by atoms with Crippen LogP contribution in [-0.2, 0) is 9.53 Å². The van der Waals surface area contributed by atoms with E-state index in [0.29, 0.717) is 12.6 Å². The minimum Gasteiger partial charge on any atom is -0.463 e.